The number of hydrogen-bond donors (Lipinski definition) is 1. The molecule has 82 valence electrons. The Morgan fingerprint density at radius 2 is 2.00 bits per heavy atom. The summed E-state index contributed by atoms with van der Waals surface area (Å²) in [6, 6.07) is 1.04. The van der Waals surface area contributed by atoms with Crippen molar-refractivity contribution in [2.75, 3.05) is 0 Å². The molecule has 4 nitrogen and oxygen atoms in total. The molecule has 1 aromatic carbocycles. The second-order valence-corrected chi connectivity index (χ2v) is 3.33. The molecule has 1 aromatic rings. The summed E-state index contributed by atoms with van der Waals surface area (Å²) in [5.74, 6) is -2.33. The Hall–Kier alpha value is -1.56. The molecule has 0 spiro atoms. The van der Waals surface area contributed by atoms with Crippen LogP contribution >= 0.6 is 0 Å². The average molecular weight is 216 g/mol. The zero-order chi connectivity index (χ0) is 11.6. The standard InChI is InChI=1S/C9H10F2N2O2/c1-5(12)2-6-3-7(10)8(11)4-9(6)13(14)15/h3-5H,2,12H2,1H3/t5-/m0/s1. The summed E-state index contributed by atoms with van der Waals surface area (Å²) in [6.45, 7) is 1.63. The highest BCUT2D eigenvalue weighted by molar-refractivity contribution is 5.41. The first-order valence-electron chi connectivity index (χ1n) is 4.29. The number of rotatable bonds is 3. The summed E-state index contributed by atoms with van der Waals surface area (Å²) < 4.78 is 25.6. The summed E-state index contributed by atoms with van der Waals surface area (Å²) in [6.07, 6.45) is 0.132. The molecule has 15 heavy (non-hydrogen) atoms. The first-order valence-corrected chi connectivity index (χ1v) is 4.29. The summed E-state index contributed by atoms with van der Waals surface area (Å²) in [4.78, 5) is 9.79. The number of benzene rings is 1. The van der Waals surface area contributed by atoms with Crippen molar-refractivity contribution < 1.29 is 13.7 Å². The molecule has 0 saturated carbocycles. The van der Waals surface area contributed by atoms with Crippen LogP contribution in [-0.4, -0.2) is 11.0 Å². The fourth-order valence-corrected chi connectivity index (χ4v) is 1.26. The molecule has 0 saturated heterocycles. The third-order valence-electron chi connectivity index (χ3n) is 1.86. The van der Waals surface area contributed by atoms with Gasteiger partial charge in [-0.15, -0.1) is 0 Å². The summed E-state index contributed by atoms with van der Waals surface area (Å²) in [5, 5.41) is 10.5. The lowest BCUT2D eigenvalue weighted by Gasteiger charge is -2.06. The van der Waals surface area contributed by atoms with E-state index < -0.39 is 22.2 Å². The molecule has 0 radical (unpaired) electrons. The van der Waals surface area contributed by atoms with Crippen molar-refractivity contribution in [3.63, 3.8) is 0 Å². The number of nitrogens with zero attached hydrogens (tertiary/aromatic N) is 1. The number of nitrogens with two attached hydrogens (primary N) is 1. The van der Waals surface area contributed by atoms with Gasteiger partial charge in [0.1, 0.15) is 0 Å². The van der Waals surface area contributed by atoms with Gasteiger partial charge in [0.25, 0.3) is 5.69 Å². The molecule has 0 fully saturated rings. The largest absolute Gasteiger partial charge is 0.328 e. The highest BCUT2D eigenvalue weighted by Gasteiger charge is 2.19. The SMILES string of the molecule is C[C@H](N)Cc1cc(F)c(F)cc1[N+](=O)[O-]. The van der Waals surface area contributed by atoms with Crippen LogP contribution in [0.1, 0.15) is 12.5 Å². The maximum atomic E-state index is 12.8. The molecule has 0 aromatic heterocycles. The smallest absolute Gasteiger partial charge is 0.275 e. The predicted octanol–water partition coefficient (Wildman–Crippen LogP) is 1.76. The molecule has 6 heteroatoms. The average Bonchev–Trinajstić information content (AvgIpc) is 2.09. The lowest BCUT2D eigenvalue weighted by Crippen LogP contribution is -2.18. The minimum Gasteiger partial charge on any atom is -0.328 e. The van der Waals surface area contributed by atoms with Crippen LogP contribution in [0, 0.1) is 21.7 Å². The molecule has 0 aliphatic carbocycles. The van der Waals surface area contributed by atoms with Crippen LogP contribution in [0.15, 0.2) is 12.1 Å². The zero-order valence-electron chi connectivity index (χ0n) is 8.04. The summed E-state index contributed by atoms with van der Waals surface area (Å²) in [7, 11) is 0. The van der Waals surface area contributed by atoms with Crippen LogP contribution in [0.3, 0.4) is 0 Å². The van der Waals surface area contributed by atoms with Gasteiger partial charge < -0.3 is 5.73 Å². The van der Waals surface area contributed by atoms with Gasteiger partial charge in [0.05, 0.1) is 11.0 Å². The van der Waals surface area contributed by atoms with E-state index >= 15 is 0 Å². The molecule has 0 unspecified atom stereocenters. The third-order valence-corrected chi connectivity index (χ3v) is 1.86. The van der Waals surface area contributed by atoms with Gasteiger partial charge in [0.15, 0.2) is 11.6 Å². The molecule has 0 bridgehead atoms. The molecule has 0 aliphatic rings. The first kappa shape index (κ1) is 11.5. The van der Waals surface area contributed by atoms with Crippen molar-refractivity contribution in [3.8, 4) is 0 Å². The number of nitro benzene ring substituents is 1. The van der Waals surface area contributed by atoms with Gasteiger partial charge in [0, 0.05) is 11.6 Å². The van der Waals surface area contributed by atoms with E-state index in [1.165, 1.54) is 0 Å². The highest BCUT2D eigenvalue weighted by Crippen LogP contribution is 2.23. The minimum atomic E-state index is -1.23. The molecule has 0 aliphatic heterocycles. The van der Waals surface area contributed by atoms with Gasteiger partial charge in [-0.25, -0.2) is 8.78 Å². The van der Waals surface area contributed by atoms with Crippen molar-refractivity contribution in [1.82, 2.24) is 0 Å². The van der Waals surface area contributed by atoms with E-state index in [4.69, 9.17) is 5.73 Å². The number of hydrogen-bond acceptors (Lipinski definition) is 3. The Bertz CT molecular complexity index is 394. The van der Waals surface area contributed by atoms with Crippen molar-refractivity contribution in [1.29, 1.82) is 0 Å². The molecule has 1 atom stereocenters. The number of nitro groups is 1. The zero-order valence-corrected chi connectivity index (χ0v) is 8.04. The third kappa shape index (κ3) is 2.69. The number of halogens is 2. The normalized spacial score (nSPS) is 12.5. The van der Waals surface area contributed by atoms with Crippen LogP contribution in [0.2, 0.25) is 0 Å². The van der Waals surface area contributed by atoms with Crippen molar-refractivity contribution in [2.45, 2.75) is 19.4 Å². The van der Waals surface area contributed by atoms with Gasteiger partial charge in [-0.1, -0.05) is 0 Å². The summed E-state index contributed by atoms with van der Waals surface area (Å²) >= 11 is 0. The molecular formula is C9H10F2N2O2. The molecule has 0 amide bonds. The quantitative estimate of drug-likeness (QED) is 0.618. The van der Waals surface area contributed by atoms with Gasteiger partial charge in [-0.2, -0.15) is 0 Å². The Morgan fingerprint density at radius 1 is 1.47 bits per heavy atom. The van der Waals surface area contributed by atoms with Crippen molar-refractivity contribution in [2.24, 2.45) is 5.73 Å². The van der Waals surface area contributed by atoms with E-state index in [1.807, 2.05) is 0 Å². The van der Waals surface area contributed by atoms with Crippen LogP contribution in [0.4, 0.5) is 14.5 Å². The monoisotopic (exact) mass is 216 g/mol. The van der Waals surface area contributed by atoms with Crippen LogP contribution < -0.4 is 5.73 Å². The maximum absolute atomic E-state index is 12.8. The van der Waals surface area contributed by atoms with Crippen molar-refractivity contribution >= 4 is 5.69 Å². The van der Waals surface area contributed by atoms with Gasteiger partial charge in [-0.3, -0.25) is 10.1 Å². The van der Waals surface area contributed by atoms with E-state index in [-0.39, 0.29) is 18.0 Å². The molecule has 0 heterocycles. The second-order valence-electron chi connectivity index (χ2n) is 3.33. The van der Waals surface area contributed by atoms with E-state index in [9.17, 15) is 18.9 Å². The Balaban J connectivity index is 3.22. The Morgan fingerprint density at radius 3 is 2.47 bits per heavy atom. The van der Waals surface area contributed by atoms with Crippen molar-refractivity contribution in [3.05, 3.63) is 39.4 Å². The second kappa shape index (κ2) is 4.31. The van der Waals surface area contributed by atoms with E-state index in [1.54, 1.807) is 6.92 Å². The van der Waals surface area contributed by atoms with Gasteiger partial charge >= 0.3 is 0 Å². The van der Waals surface area contributed by atoms with Crippen LogP contribution in [0.25, 0.3) is 0 Å². The topological polar surface area (TPSA) is 69.2 Å². The van der Waals surface area contributed by atoms with E-state index in [0.717, 1.165) is 6.07 Å². The lowest BCUT2D eigenvalue weighted by molar-refractivity contribution is -0.385. The molecular weight excluding hydrogens is 206 g/mol. The Labute approximate surface area is 84.9 Å². The van der Waals surface area contributed by atoms with E-state index in [0.29, 0.717) is 6.07 Å². The van der Waals surface area contributed by atoms with Gasteiger partial charge in [-0.05, 0) is 19.4 Å². The maximum Gasteiger partial charge on any atom is 0.275 e. The first-order chi connectivity index (χ1) is 6.91. The summed E-state index contributed by atoms with van der Waals surface area (Å²) in [5.41, 5.74) is 5.11. The minimum absolute atomic E-state index is 0.105. The predicted molar refractivity (Wildman–Crippen MR) is 50.4 cm³/mol. The molecule has 1 rings (SSSR count). The van der Waals surface area contributed by atoms with E-state index in [2.05, 4.69) is 0 Å². The van der Waals surface area contributed by atoms with Crippen LogP contribution in [0.5, 0.6) is 0 Å². The fraction of sp³-hybridized carbons (Fsp3) is 0.333. The lowest BCUT2D eigenvalue weighted by atomic mass is 10.1. The van der Waals surface area contributed by atoms with Crippen LogP contribution in [-0.2, 0) is 6.42 Å². The van der Waals surface area contributed by atoms with Gasteiger partial charge in [0.2, 0.25) is 0 Å². The fourth-order valence-electron chi connectivity index (χ4n) is 1.26. The highest BCUT2D eigenvalue weighted by atomic mass is 19.2. The molecule has 2 N–H and O–H groups in total. The Kier molecular flexibility index (Phi) is 3.31.